The Labute approximate surface area is 256 Å². The predicted octanol–water partition coefficient (Wildman–Crippen LogP) is 4.93. The Balaban J connectivity index is 1.81. The fourth-order valence-electron chi connectivity index (χ4n) is 6.23. The molecule has 0 bridgehead atoms. The maximum absolute atomic E-state index is 15.5. The number of nitrogens with one attached hydrogen (secondary N) is 1. The molecule has 10 nitrogen and oxygen atoms in total. The molecule has 44 heavy (non-hydrogen) atoms. The molecule has 1 fully saturated rings. The van der Waals surface area contributed by atoms with Gasteiger partial charge in [-0.05, 0) is 55.7 Å². The molecule has 4 heterocycles. The smallest absolute Gasteiger partial charge is 0.354 e. The normalized spacial score (nSPS) is 15.6. The van der Waals surface area contributed by atoms with E-state index in [1.54, 1.807) is 23.2 Å². The van der Waals surface area contributed by atoms with Crippen LogP contribution in [-0.2, 0) is 4.79 Å². The first-order valence-corrected chi connectivity index (χ1v) is 14.6. The summed E-state index contributed by atoms with van der Waals surface area (Å²) < 4.78 is 16.8. The summed E-state index contributed by atoms with van der Waals surface area (Å²) in [6, 6.07) is 5.33. The molecule has 0 spiro atoms. The molecule has 3 aromatic heterocycles. The molecule has 5 aromatic rings. The van der Waals surface area contributed by atoms with Crippen LogP contribution in [0.3, 0.4) is 0 Å². The number of aromatic hydroxyl groups is 1. The third-order valence-electron chi connectivity index (χ3n) is 8.27. The number of piperazine rings is 1. The van der Waals surface area contributed by atoms with Crippen LogP contribution < -0.4 is 16.1 Å². The van der Waals surface area contributed by atoms with Crippen LogP contribution in [0, 0.1) is 12.7 Å². The summed E-state index contributed by atoms with van der Waals surface area (Å²) in [5, 5.41) is 10.9. The molecule has 12 heteroatoms. The van der Waals surface area contributed by atoms with Crippen molar-refractivity contribution in [2.45, 2.75) is 39.7 Å². The molecule has 0 aliphatic carbocycles. The number of hydrogen-bond acceptors (Lipinski definition) is 7. The molecule has 2 N–H and O–H groups in total. The SMILES string of the molecule is C=CC(=O)N1CCN(c2nc(=O)n(-c3c(C)ccnc3C(C)C)c3c2cc(Cl)c2c4c(F)ccc(O)c4[nH]c(=O)c23)[C@@H](C)C1. The lowest BCUT2D eigenvalue weighted by Gasteiger charge is -2.40. The van der Waals surface area contributed by atoms with Gasteiger partial charge in [-0.25, -0.2) is 9.18 Å². The molecule has 1 aliphatic rings. The summed E-state index contributed by atoms with van der Waals surface area (Å²) in [6.07, 6.45) is 2.92. The zero-order chi connectivity index (χ0) is 31.6. The highest BCUT2D eigenvalue weighted by Crippen LogP contribution is 2.41. The van der Waals surface area contributed by atoms with E-state index in [4.69, 9.17) is 11.6 Å². The Morgan fingerprint density at radius 3 is 2.64 bits per heavy atom. The number of anilines is 1. The van der Waals surface area contributed by atoms with Gasteiger partial charge in [0.05, 0.1) is 32.8 Å². The van der Waals surface area contributed by atoms with E-state index in [0.29, 0.717) is 36.4 Å². The minimum absolute atomic E-state index is 0.0312. The van der Waals surface area contributed by atoms with Crippen LogP contribution in [0.5, 0.6) is 5.75 Å². The number of halogens is 2. The molecular formula is C32H30ClFN6O4. The molecule has 0 unspecified atom stereocenters. The van der Waals surface area contributed by atoms with Crippen molar-refractivity contribution in [3.8, 4) is 11.4 Å². The number of H-pyrrole nitrogens is 1. The van der Waals surface area contributed by atoms with Crippen LogP contribution in [0.15, 0.2) is 52.7 Å². The molecule has 0 radical (unpaired) electrons. The van der Waals surface area contributed by atoms with Crippen molar-refractivity contribution in [2.24, 2.45) is 0 Å². The van der Waals surface area contributed by atoms with E-state index < -0.39 is 17.1 Å². The lowest BCUT2D eigenvalue weighted by molar-refractivity contribution is -0.126. The summed E-state index contributed by atoms with van der Waals surface area (Å²) in [5.41, 5.74) is 0.525. The third-order valence-corrected chi connectivity index (χ3v) is 8.57. The number of aryl methyl sites for hydroxylation is 1. The molecule has 6 rings (SSSR count). The van der Waals surface area contributed by atoms with E-state index in [-0.39, 0.29) is 61.6 Å². The van der Waals surface area contributed by atoms with Gasteiger partial charge in [0, 0.05) is 48.0 Å². The Hall–Kier alpha value is -4.77. The monoisotopic (exact) mass is 616 g/mol. The van der Waals surface area contributed by atoms with E-state index in [9.17, 15) is 19.5 Å². The summed E-state index contributed by atoms with van der Waals surface area (Å²) in [5.74, 6) is -1.05. The van der Waals surface area contributed by atoms with E-state index in [0.717, 1.165) is 17.7 Å². The molecule has 2 aromatic carbocycles. The van der Waals surface area contributed by atoms with Crippen LogP contribution in [-0.4, -0.2) is 61.1 Å². The number of phenolic OH excluding ortho intramolecular Hbond substituents is 1. The Morgan fingerprint density at radius 2 is 1.95 bits per heavy atom. The number of phenols is 1. The average Bonchev–Trinajstić information content (AvgIpc) is 2.98. The zero-order valence-electron chi connectivity index (χ0n) is 24.6. The minimum atomic E-state index is -0.708. The average molecular weight is 617 g/mol. The van der Waals surface area contributed by atoms with Crippen molar-refractivity contribution in [3.63, 3.8) is 0 Å². The van der Waals surface area contributed by atoms with Crippen molar-refractivity contribution in [3.05, 3.63) is 86.1 Å². The van der Waals surface area contributed by atoms with Gasteiger partial charge < -0.3 is 19.9 Å². The number of hydrogen-bond donors (Lipinski definition) is 2. The van der Waals surface area contributed by atoms with E-state index >= 15 is 4.39 Å². The van der Waals surface area contributed by atoms with Gasteiger partial charge >= 0.3 is 5.69 Å². The Bertz CT molecular complexity index is 2160. The van der Waals surface area contributed by atoms with Crippen LogP contribution in [0.25, 0.3) is 38.3 Å². The van der Waals surface area contributed by atoms with Crippen LogP contribution in [0.1, 0.15) is 37.9 Å². The Kier molecular flexibility index (Phi) is 7.16. The first-order chi connectivity index (χ1) is 20.9. The van der Waals surface area contributed by atoms with Crippen molar-refractivity contribution in [1.29, 1.82) is 0 Å². The number of carbonyl (C=O) groups excluding carboxylic acids is 1. The highest BCUT2D eigenvalue weighted by atomic mass is 35.5. The Morgan fingerprint density at radius 1 is 1.20 bits per heavy atom. The van der Waals surface area contributed by atoms with Gasteiger partial charge in [-0.3, -0.25) is 19.1 Å². The maximum atomic E-state index is 15.5. The van der Waals surface area contributed by atoms with Crippen molar-refractivity contribution in [1.82, 2.24) is 24.4 Å². The topological polar surface area (TPSA) is 124 Å². The van der Waals surface area contributed by atoms with Crippen LogP contribution >= 0.6 is 11.6 Å². The van der Waals surface area contributed by atoms with Gasteiger partial charge in [-0.15, -0.1) is 0 Å². The van der Waals surface area contributed by atoms with Crippen molar-refractivity contribution < 1.29 is 14.3 Å². The second-order valence-corrected chi connectivity index (χ2v) is 11.8. The molecule has 226 valence electrons. The lowest BCUT2D eigenvalue weighted by Crippen LogP contribution is -2.54. The predicted molar refractivity (Wildman–Crippen MR) is 170 cm³/mol. The summed E-state index contributed by atoms with van der Waals surface area (Å²) in [4.78, 5) is 55.8. The number of fused-ring (bicyclic) bond motifs is 5. The van der Waals surface area contributed by atoms with Crippen LogP contribution in [0.4, 0.5) is 10.2 Å². The second-order valence-electron chi connectivity index (χ2n) is 11.4. The number of aromatic nitrogens is 4. The molecule has 1 aliphatic heterocycles. The number of benzene rings is 2. The summed E-state index contributed by atoms with van der Waals surface area (Å²) in [7, 11) is 0. The van der Waals surface area contributed by atoms with E-state index in [2.05, 4.69) is 21.5 Å². The van der Waals surface area contributed by atoms with Gasteiger partial charge in [-0.2, -0.15) is 4.98 Å². The summed E-state index contributed by atoms with van der Waals surface area (Å²) >= 11 is 6.88. The van der Waals surface area contributed by atoms with Crippen molar-refractivity contribution in [2.75, 3.05) is 24.5 Å². The van der Waals surface area contributed by atoms with Gasteiger partial charge in [0.15, 0.2) is 0 Å². The van der Waals surface area contributed by atoms with Crippen molar-refractivity contribution >= 4 is 55.9 Å². The molecule has 1 amide bonds. The fourth-order valence-corrected chi connectivity index (χ4v) is 6.53. The fraction of sp³-hybridized carbons (Fsp3) is 0.281. The van der Waals surface area contributed by atoms with Gasteiger partial charge in [0.25, 0.3) is 5.56 Å². The molecular weight excluding hydrogens is 587 g/mol. The minimum Gasteiger partial charge on any atom is -0.506 e. The van der Waals surface area contributed by atoms with E-state index in [1.165, 1.54) is 10.6 Å². The van der Waals surface area contributed by atoms with Gasteiger partial charge in [-0.1, -0.05) is 32.0 Å². The quantitative estimate of drug-likeness (QED) is 0.217. The first-order valence-electron chi connectivity index (χ1n) is 14.2. The standard InChI is InChI=1S/C32H30ClFN6O4/c1-6-22(42)38-11-12-39(17(5)14-38)30-18-13-19(33)23-24-20(34)7-8-21(41)27(24)36-31(43)25(23)29(18)40(32(44)37-30)28-16(4)9-10-35-26(28)15(2)3/h6-10,13,15,17,41H,1,11-12,14H2,2-5H3,(H,36,43)/t17-/m0/s1. The summed E-state index contributed by atoms with van der Waals surface area (Å²) in [6.45, 7) is 12.3. The number of pyridine rings is 2. The first kappa shape index (κ1) is 29.3. The molecule has 1 saturated heterocycles. The lowest BCUT2D eigenvalue weighted by atomic mass is 10.00. The van der Waals surface area contributed by atoms with Gasteiger partial charge in [0.1, 0.15) is 17.4 Å². The second kappa shape index (κ2) is 10.7. The number of carbonyl (C=O) groups is 1. The number of amides is 1. The zero-order valence-corrected chi connectivity index (χ0v) is 25.4. The third kappa shape index (κ3) is 4.41. The highest BCUT2D eigenvalue weighted by molar-refractivity contribution is 6.40. The largest absolute Gasteiger partial charge is 0.506 e. The maximum Gasteiger partial charge on any atom is 0.354 e. The van der Waals surface area contributed by atoms with Gasteiger partial charge in [0.2, 0.25) is 5.91 Å². The molecule has 1 atom stereocenters. The molecule has 0 saturated carbocycles. The van der Waals surface area contributed by atoms with Crippen LogP contribution in [0.2, 0.25) is 5.02 Å². The number of aromatic amines is 1. The number of rotatable bonds is 4. The van der Waals surface area contributed by atoms with E-state index in [1.807, 2.05) is 32.6 Å². The highest BCUT2D eigenvalue weighted by Gasteiger charge is 2.31. The number of nitrogens with zero attached hydrogens (tertiary/aromatic N) is 5.